The van der Waals surface area contributed by atoms with Gasteiger partial charge in [-0.15, -0.1) is 11.3 Å². The first-order chi connectivity index (χ1) is 15.2. The van der Waals surface area contributed by atoms with Gasteiger partial charge in [-0.05, 0) is 36.2 Å². The Bertz CT molecular complexity index is 1460. The summed E-state index contributed by atoms with van der Waals surface area (Å²) in [7, 11) is 0. The number of nitrogens with zero attached hydrogens (tertiary/aromatic N) is 3. The molecule has 1 aromatic carbocycles. The van der Waals surface area contributed by atoms with Gasteiger partial charge in [0.2, 0.25) is 0 Å². The van der Waals surface area contributed by atoms with Crippen LogP contribution in [0.4, 0.5) is 10.2 Å². The Hall–Kier alpha value is -3.50. The number of amides is 1. The zero-order valence-electron chi connectivity index (χ0n) is 16.8. The summed E-state index contributed by atoms with van der Waals surface area (Å²) in [6.07, 6.45) is 2.95. The van der Waals surface area contributed by atoms with E-state index in [0.29, 0.717) is 21.8 Å². The summed E-state index contributed by atoms with van der Waals surface area (Å²) >= 11 is 6.74. The second kappa shape index (κ2) is 8.56. The molecule has 0 unspecified atom stereocenters. The number of fused-ring (bicyclic) bond motifs is 1. The van der Waals surface area contributed by atoms with E-state index in [-0.39, 0.29) is 23.0 Å². The van der Waals surface area contributed by atoms with E-state index in [2.05, 4.69) is 10.3 Å². The van der Waals surface area contributed by atoms with Crippen LogP contribution in [0.15, 0.2) is 52.3 Å². The van der Waals surface area contributed by atoms with Gasteiger partial charge < -0.3 is 11.1 Å². The third-order valence-electron chi connectivity index (χ3n) is 4.84. The van der Waals surface area contributed by atoms with Gasteiger partial charge in [-0.25, -0.2) is 14.2 Å². The van der Waals surface area contributed by atoms with Gasteiger partial charge in [0.15, 0.2) is 0 Å². The molecule has 1 amide bonds. The molecule has 3 heterocycles. The molecule has 0 fully saturated rings. The van der Waals surface area contributed by atoms with Gasteiger partial charge in [0.05, 0.1) is 11.6 Å². The molecule has 0 atom stereocenters. The Morgan fingerprint density at radius 1 is 1.25 bits per heavy atom. The van der Waals surface area contributed by atoms with Crippen molar-refractivity contribution in [2.45, 2.75) is 20.0 Å². The SMILES string of the molecule is Cc1c(=O)n(Cc2ccc(Cl)c(F)c2)c(=O)n2cc(C(=O)NCc3ccc(N)nc3)sc12. The van der Waals surface area contributed by atoms with E-state index in [0.717, 1.165) is 21.5 Å². The number of halogens is 2. The minimum absolute atomic E-state index is 0.0484. The highest BCUT2D eigenvalue weighted by Gasteiger charge is 2.18. The van der Waals surface area contributed by atoms with Crippen molar-refractivity contribution in [3.63, 3.8) is 0 Å². The monoisotopic (exact) mass is 473 g/mol. The van der Waals surface area contributed by atoms with Crippen LogP contribution in [0.3, 0.4) is 0 Å². The van der Waals surface area contributed by atoms with Gasteiger partial charge in [-0.3, -0.25) is 18.6 Å². The average Bonchev–Trinajstić information content (AvgIpc) is 3.23. The molecule has 0 bridgehead atoms. The highest BCUT2D eigenvalue weighted by molar-refractivity contribution is 7.19. The Labute approximate surface area is 189 Å². The third kappa shape index (κ3) is 4.14. The van der Waals surface area contributed by atoms with Crippen molar-refractivity contribution >= 4 is 39.5 Å². The summed E-state index contributed by atoms with van der Waals surface area (Å²) in [5.74, 6) is -0.656. The number of benzene rings is 1. The summed E-state index contributed by atoms with van der Waals surface area (Å²) < 4.78 is 16.0. The second-order valence-electron chi connectivity index (χ2n) is 7.09. The number of nitrogens with two attached hydrogens (primary N) is 1. The van der Waals surface area contributed by atoms with E-state index in [1.54, 1.807) is 31.3 Å². The lowest BCUT2D eigenvalue weighted by atomic mass is 10.2. The summed E-state index contributed by atoms with van der Waals surface area (Å²) in [5.41, 5.74) is 5.91. The number of aryl methyl sites for hydroxylation is 1. The first kappa shape index (κ1) is 21.7. The number of anilines is 1. The van der Waals surface area contributed by atoms with Gasteiger partial charge in [0.1, 0.15) is 21.3 Å². The molecule has 3 aromatic heterocycles. The number of hydrogen-bond donors (Lipinski definition) is 2. The maximum atomic E-state index is 13.8. The van der Waals surface area contributed by atoms with Crippen LogP contribution in [-0.2, 0) is 13.1 Å². The minimum Gasteiger partial charge on any atom is -0.384 e. The second-order valence-corrected chi connectivity index (χ2v) is 8.53. The molecular formula is C21H17ClFN5O3S. The smallest absolute Gasteiger partial charge is 0.336 e. The fourth-order valence-corrected chi connectivity index (χ4v) is 4.26. The number of hydrogen-bond acceptors (Lipinski definition) is 6. The summed E-state index contributed by atoms with van der Waals surface area (Å²) in [6.45, 7) is 1.68. The molecule has 0 aliphatic carbocycles. The number of pyridine rings is 1. The number of carbonyl (C=O) groups excluding carboxylic acids is 1. The Kier molecular flexibility index (Phi) is 5.81. The van der Waals surface area contributed by atoms with Crippen LogP contribution >= 0.6 is 22.9 Å². The molecule has 11 heteroatoms. The number of rotatable bonds is 5. The molecular weight excluding hydrogens is 457 g/mol. The van der Waals surface area contributed by atoms with Crippen molar-refractivity contribution < 1.29 is 9.18 Å². The van der Waals surface area contributed by atoms with E-state index in [4.69, 9.17) is 17.3 Å². The van der Waals surface area contributed by atoms with Crippen LogP contribution in [0.1, 0.15) is 26.4 Å². The zero-order chi connectivity index (χ0) is 23.0. The van der Waals surface area contributed by atoms with Crippen LogP contribution in [0, 0.1) is 12.7 Å². The fraction of sp³-hybridized carbons (Fsp3) is 0.143. The number of aromatic nitrogens is 3. The van der Waals surface area contributed by atoms with Crippen molar-refractivity contribution in [3.05, 3.63) is 96.0 Å². The van der Waals surface area contributed by atoms with E-state index in [1.807, 2.05) is 0 Å². The average molecular weight is 474 g/mol. The van der Waals surface area contributed by atoms with E-state index >= 15 is 0 Å². The zero-order valence-corrected chi connectivity index (χ0v) is 18.3. The largest absolute Gasteiger partial charge is 0.384 e. The summed E-state index contributed by atoms with van der Waals surface area (Å²) in [5, 5.41) is 2.70. The molecule has 0 saturated heterocycles. The maximum Gasteiger partial charge on any atom is 0.336 e. The lowest BCUT2D eigenvalue weighted by molar-refractivity contribution is 0.0954. The molecule has 0 spiro atoms. The Balaban J connectivity index is 1.65. The highest BCUT2D eigenvalue weighted by Crippen LogP contribution is 2.19. The van der Waals surface area contributed by atoms with Crippen LogP contribution in [0.5, 0.6) is 0 Å². The van der Waals surface area contributed by atoms with Crippen LogP contribution in [0.25, 0.3) is 4.83 Å². The van der Waals surface area contributed by atoms with Gasteiger partial charge in [0.25, 0.3) is 11.5 Å². The lowest BCUT2D eigenvalue weighted by Gasteiger charge is -2.08. The minimum atomic E-state index is -0.638. The van der Waals surface area contributed by atoms with Crippen molar-refractivity contribution in [1.82, 2.24) is 19.3 Å². The molecule has 4 aromatic rings. The highest BCUT2D eigenvalue weighted by atomic mass is 35.5. The third-order valence-corrected chi connectivity index (χ3v) is 6.36. The van der Waals surface area contributed by atoms with Gasteiger partial charge in [-0.1, -0.05) is 23.7 Å². The van der Waals surface area contributed by atoms with E-state index in [1.165, 1.54) is 22.7 Å². The molecule has 0 saturated carbocycles. The molecule has 0 radical (unpaired) electrons. The summed E-state index contributed by atoms with van der Waals surface area (Å²) in [6, 6.07) is 7.46. The molecule has 4 rings (SSSR count). The summed E-state index contributed by atoms with van der Waals surface area (Å²) in [4.78, 5) is 43.0. The molecule has 0 aliphatic heterocycles. The van der Waals surface area contributed by atoms with Gasteiger partial charge in [-0.2, -0.15) is 0 Å². The number of nitrogen functional groups attached to an aromatic ring is 1. The topological polar surface area (TPSA) is 111 Å². The number of thiazole rings is 1. The normalized spacial score (nSPS) is 11.1. The molecule has 3 N–H and O–H groups in total. The maximum absolute atomic E-state index is 13.8. The number of nitrogens with one attached hydrogen (secondary N) is 1. The Morgan fingerprint density at radius 2 is 2.00 bits per heavy atom. The quantitative estimate of drug-likeness (QED) is 0.462. The molecule has 164 valence electrons. The van der Waals surface area contributed by atoms with Crippen molar-refractivity contribution in [1.29, 1.82) is 0 Å². The van der Waals surface area contributed by atoms with Crippen molar-refractivity contribution in [3.8, 4) is 0 Å². The van der Waals surface area contributed by atoms with E-state index < -0.39 is 23.0 Å². The Morgan fingerprint density at radius 3 is 2.69 bits per heavy atom. The molecule has 8 nitrogen and oxygen atoms in total. The number of carbonyl (C=O) groups is 1. The molecule has 0 aliphatic rings. The standard InChI is InChI=1S/C21H17ClFN5O3S/c1-11-19(30)27(9-12-2-4-14(22)15(23)6-12)21(31)28-10-16(32-20(11)28)18(29)26-8-13-3-5-17(24)25-7-13/h2-7,10H,8-9H2,1H3,(H2,24,25)(H,26,29). The van der Waals surface area contributed by atoms with Crippen molar-refractivity contribution in [2.75, 3.05) is 5.73 Å². The van der Waals surface area contributed by atoms with Crippen LogP contribution in [-0.4, -0.2) is 19.9 Å². The molecule has 32 heavy (non-hydrogen) atoms. The van der Waals surface area contributed by atoms with Crippen molar-refractivity contribution in [2.24, 2.45) is 0 Å². The predicted molar refractivity (Wildman–Crippen MR) is 121 cm³/mol. The fourth-order valence-electron chi connectivity index (χ4n) is 3.14. The predicted octanol–water partition coefficient (Wildman–Crippen LogP) is 2.58. The first-order valence-corrected chi connectivity index (χ1v) is 10.6. The van der Waals surface area contributed by atoms with Gasteiger partial charge in [0, 0.05) is 24.5 Å². The first-order valence-electron chi connectivity index (χ1n) is 9.42. The van der Waals surface area contributed by atoms with Gasteiger partial charge >= 0.3 is 5.69 Å². The van der Waals surface area contributed by atoms with Crippen LogP contribution < -0.4 is 22.3 Å². The van der Waals surface area contributed by atoms with Crippen LogP contribution in [0.2, 0.25) is 5.02 Å². The lowest BCUT2D eigenvalue weighted by Crippen LogP contribution is -2.38. The van der Waals surface area contributed by atoms with E-state index in [9.17, 15) is 18.8 Å².